The standard InChI is InChI=1S/C11H12ClFO2/c1-2-15-11(14)7-10(13)8-5-3-4-6-9(8)12/h3-6,10H,2,7H2,1H3. The van der Waals surface area contributed by atoms with Crippen LogP contribution in [0.4, 0.5) is 4.39 Å². The minimum atomic E-state index is -1.40. The first-order chi connectivity index (χ1) is 7.15. The first kappa shape index (κ1) is 12.0. The number of halogens is 2. The normalized spacial score (nSPS) is 12.2. The summed E-state index contributed by atoms with van der Waals surface area (Å²) in [6.45, 7) is 1.94. The smallest absolute Gasteiger partial charge is 0.309 e. The van der Waals surface area contributed by atoms with Crippen LogP contribution in [0.15, 0.2) is 24.3 Å². The number of esters is 1. The third-order valence-corrected chi connectivity index (χ3v) is 2.24. The van der Waals surface area contributed by atoms with Crippen LogP contribution >= 0.6 is 11.6 Å². The Balaban J connectivity index is 2.65. The molecule has 0 N–H and O–H groups in total. The number of alkyl halides is 1. The average Bonchev–Trinajstić information content (AvgIpc) is 2.18. The molecule has 1 aromatic carbocycles. The number of benzene rings is 1. The molecule has 4 heteroatoms. The summed E-state index contributed by atoms with van der Waals surface area (Å²) >= 11 is 5.79. The van der Waals surface area contributed by atoms with Crippen molar-refractivity contribution in [3.8, 4) is 0 Å². The van der Waals surface area contributed by atoms with Crippen LogP contribution in [0, 0.1) is 0 Å². The van der Waals surface area contributed by atoms with Crippen LogP contribution in [0.2, 0.25) is 5.02 Å². The van der Waals surface area contributed by atoms with E-state index in [1.165, 1.54) is 0 Å². The number of hydrogen-bond donors (Lipinski definition) is 0. The second kappa shape index (κ2) is 5.71. The van der Waals surface area contributed by atoms with Gasteiger partial charge in [-0.05, 0) is 13.0 Å². The molecule has 0 radical (unpaired) electrons. The zero-order valence-electron chi connectivity index (χ0n) is 8.37. The highest BCUT2D eigenvalue weighted by molar-refractivity contribution is 6.31. The number of ether oxygens (including phenoxy) is 1. The number of carbonyl (C=O) groups is 1. The molecule has 1 aromatic rings. The van der Waals surface area contributed by atoms with Crippen LogP contribution in [0.5, 0.6) is 0 Å². The molecule has 0 aliphatic rings. The summed E-state index contributed by atoms with van der Waals surface area (Å²) < 4.78 is 18.2. The van der Waals surface area contributed by atoms with E-state index < -0.39 is 12.1 Å². The van der Waals surface area contributed by atoms with E-state index in [9.17, 15) is 9.18 Å². The van der Waals surface area contributed by atoms with Gasteiger partial charge in [0, 0.05) is 10.6 Å². The van der Waals surface area contributed by atoms with Crippen molar-refractivity contribution in [1.29, 1.82) is 0 Å². The second-order valence-electron chi connectivity index (χ2n) is 3.00. The zero-order valence-corrected chi connectivity index (χ0v) is 9.13. The molecule has 0 heterocycles. The van der Waals surface area contributed by atoms with E-state index in [-0.39, 0.29) is 13.0 Å². The van der Waals surface area contributed by atoms with Crippen molar-refractivity contribution in [2.45, 2.75) is 19.5 Å². The molecule has 0 aromatic heterocycles. The molecule has 0 aliphatic carbocycles. The van der Waals surface area contributed by atoms with E-state index in [1.807, 2.05) is 0 Å². The average molecular weight is 231 g/mol. The second-order valence-corrected chi connectivity index (χ2v) is 3.41. The van der Waals surface area contributed by atoms with Gasteiger partial charge < -0.3 is 4.74 Å². The lowest BCUT2D eigenvalue weighted by molar-refractivity contribution is -0.144. The minimum Gasteiger partial charge on any atom is -0.466 e. The Morgan fingerprint density at radius 3 is 2.80 bits per heavy atom. The first-order valence-electron chi connectivity index (χ1n) is 4.69. The zero-order chi connectivity index (χ0) is 11.3. The van der Waals surface area contributed by atoms with E-state index in [1.54, 1.807) is 31.2 Å². The lowest BCUT2D eigenvalue weighted by Gasteiger charge is -2.09. The molecule has 0 aliphatic heterocycles. The maximum Gasteiger partial charge on any atom is 0.309 e. The molecule has 2 nitrogen and oxygen atoms in total. The van der Waals surface area contributed by atoms with Gasteiger partial charge in [0.05, 0.1) is 13.0 Å². The number of carbonyl (C=O) groups excluding carboxylic acids is 1. The van der Waals surface area contributed by atoms with Gasteiger partial charge in [-0.3, -0.25) is 4.79 Å². The molecule has 0 fully saturated rings. The van der Waals surface area contributed by atoms with Crippen LogP contribution < -0.4 is 0 Å². The predicted molar refractivity (Wildman–Crippen MR) is 56.6 cm³/mol. The topological polar surface area (TPSA) is 26.3 Å². The quantitative estimate of drug-likeness (QED) is 0.742. The molecule has 15 heavy (non-hydrogen) atoms. The maximum atomic E-state index is 13.6. The molecule has 1 atom stereocenters. The van der Waals surface area contributed by atoms with Crippen molar-refractivity contribution in [3.05, 3.63) is 34.9 Å². The molecular weight excluding hydrogens is 219 g/mol. The van der Waals surface area contributed by atoms with E-state index in [2.05, 4.69) is 4.74 Å². The van der Waals surface area contributed by atoms with Gasteiger partial charge in [-0.2, -0.15) is 0 Å². The monoisotopic (exact) mass is 230 g/mol. The van der Waals surface area contributed by atoms with Gasteiger partial charge in [0.2, 0.25) is 0 Å². The lowest BCUT2D eigenvalue weighted by atomic mass is 10.1. The molecule has 1 rings (SSSR count). The van der Waals surface area contributed by atoms with Gasteiger partial charge in [0.1, 0.15) is 6.17 Å². The van der Waals surface area contributed by atoms with E-state index in [0.717, 1.165) is 0 Å². The van der Waals surface area contributed by atoms with Crippen molar-refractivity contribution in [2.24, 2.45) is 0 Å². The Labute approximate surface area is 93.0 Å². The van der Waals surface area contributed by atoms with E-state index in [4.69, 9.17) is 11.6 Å². The van der Waals surface area contributed by atoms with Crippen molar-refractivity contribution in [3.63, 3.8) is 0 Å². The van der Waals surface area contributed by atoms with Crippen molar-refractivity contribution in [2.75, 3.05) is 6.61 Å². The highest BCUT2D eigenvalue weighted by atomic mass is 35.5. The SMILES string of the molecule is CCOC(=O)CC(F)c1ccccc1Cl. The molecule has 0 saturated heterocycles. The molecule has 0 bridgehead atoms. The van der Waals surface area contributed by atoms with Gasteiger partial charge in [0.15, 0.2) is 0 Å². The summed E-state index contributed by atoms with van der Waals surface area (Å²) in [5, 5.41) is 0.328. The summed E-state index contributed by atoms with van der Waals surface area (Å²) in [6.07, 6.45) is -1.70. The molecular formula is C11H12ClFO2. The molecule has 82 valence electrons. The van der Waals surface area contributed by atoms with Crippen molar-refractivity contribution < 1.29 is 13.9 Å². The fourth-order valence-corrected chi connectivity index (χ4v) is 1.46. The van der Waals surface area contributed by atoms with E-state index in [0.29, 0.717) is 10.6 Å². The van der Waals surface area contributed by atoms with Gasteiger partial charge in [-0.25, -0.2) is 4.39 Å². The Morgan fingerprint density at radius 2 is 2.20 bits per heavy atom. The Morgan fingerprint density at radius 1 is 1.53 bits per heavy atom. The van der Waals surface area contributed by atoms with Crippen LogP contribution in [0.3, 0.4) is 0 Å². The van der Waals surface area contributed by atoms with Crippen LogP contribution in [-0.2, 0) is 9.53 Å². The lowest BCUT2D eigenvalue weighted by Crippen LogP contribution is -2.07. The molecule has 0 amide bonds. The Kier molecular flexibility index (Phi) is 4.56. The minimum absolute atomic E-state index is 0.258. The third-order valence-electron chi connectivity index (χ3n) is 1.89. The number of rotatable bonds is 4. The molecule has 0 spiro atoms. The van der Waals surface area contributed by atoms with Crippen LogP contribution in [0.1, 0.15) is 25.1 Å². The largest absolute Gasteiger partial charge is 0.466 e. The fourth-order valence-electron chi connectivity index (χ4n) is 1.21. The first-order valence-corrected chi connectivity index (χ1v) is 5.07. The third kappa shape index (κ3) is 3.51. The summed E-state index contributed by atoms with van der Waals surface area (Å²) in [5.41, 5.74) is 0.326. The van der Waals surface area contributed by atoms with Gasteiger partial charge in [0.25, 0.3) is 0 Å². The number of hydrogen-bond acceptors (Lipinski definition) is 2. The highest BCUT2D eigenvalue weighted by Crippen LogP contribution is 2.28. The van der Waals surface area contributed by atoms with Crippen molar-refractivity contribution in [1.82, 2.24) is 0 Å². The predicted octanol–water partition coefficient (Wildman–Crippen LogP) is 3.30. The van der Waals surface area contributed by atoms with Crippen LogP contribution in [-0.4, -0.2) is 12.6 Å². The maximum absolute atomic E-state index is 13.6. The highest BCUT2D eigenvalue weighted by Gasteiger charge is 2.17. The van der Waals surface area contributed by atoms with E-state index >= 15 is 0 Å². The van der Waals surface area contributed by atoms with Crippen molar-refractivity contribution >= 4 is 17.6 Å². The van der Waals surface area contributed by atoms with Gasteiger partial charge in [-0.15, -0.1) is 0 Å². The van der Waals surface area contributed by atoms with Gasteiger partial charge >= 0.3 is 5.97 Å². The summed E-state index contributed by atoms with van der Waals surface area (Å²) in [6, 6.07) is 6.54. The van der Waals surface area contributed by atoms with Gasteiger partial charge in [-0.1, -0.05) is 29.8 Å². The summed E-state index contributed by atoms with van der Waals surface area (Å²) in [5.74, 6) is -0.551. The van der Waals surface area contributed by atoms with Crippen LogP contribution in [0.25, 0.3) is 0 Å². The summed E-state index contributed by atoms with van der Waals surface area (Å²) in [4.78, 5) is 11.0. The molecule has 0 saturated carbocycles. The Hall–Kier alpha value is -1.09. The summed E-state index contributed by atoms with van der Waals surface area (Å²) in [7, 11) is 0. The molecule has 1 unspecified atom stereocenters. The Bertz CT molecular complexity index is 341. The fraction of sp³-hybridized carbons (Fsp3) is 0.364.